The second kappa shape index (κ2) is 6.83. The molecular formula is C13H23N3OS. The number of hydrogen-bond acceptors (Lipinski definition) is 5. The van der Waals surface area contributed by atoms with Gasteiger partial charge in [0.25, 0.3) is 0 Å². The molecule has 5 heteroatoms. The molecule has 0 amide bonds. The smallest absolute Gasteiger partial charge is 0.226 e. The number of anilines is 1. The fourth-order valence-corrected chi connectivity index (χ4v) is 2.62. The number of aryl methyl sites for hydroxylation is 1. The van der Waals surface area contributed by atoms with Crippen LogP contribution in [0.15, 0.2) is 6.07 Å². The summed E-state index contributed by atoms with van der Waals surface area (Å²) in [5, 5.41) is 3.33. The summed E-state index contributed by atoms with van der Waals surface area (Å²) in [7, 11) is 1.62. The molecule has 1 heterocycles. The Kier molecular flexibility index (Phi) is 5.72. The Morgan fingerprint density at radius 1 is 1.33 bits per heavy atom. The van der Waals surface area contributed by atoms with Crippen molar-refractivity contribution in [3.63, 3.8) is 0 Å². The van der Waals surface area contributed by atoms with Gasteiger partial charge < -0.3 is 10.1 Å². The molecule has 1 aromatic heterocycles. The van der Waals surface area contributed by atoms with Crippen molar-refractivity contribution < 1.29 is 4.74 Å². The van der Waals surface area contributed by atoms with Crippen molar-refractivity contribution in [2.24, 2.45) is 0 Å². The monoisotopic (exact) mass is 269 g/mol. The van der Waals surface area contributed by atoms with Crippen LogP contribution in [0.3, 0.4) is 0 Å². The van der Waals surface area contributed by atoms with Crippen molar-refractivity contribution in [3.05, 3.63) is 11.8 Å². The van der Waals surface area contributed by atoms with Crippen LogP contribution in [0, 0.1) is 6.92 Å². The molecule has 0 fully saturated rings. The average molecular weight is 269 g/mol. The number of hydrogen-bond donors (Lipinski definition) is 1. The van der Waals surface area contributed by atoms with Crippen molar-refractivity contribution >= 4 is 17.7 Å². The highest BCUT2D eigenvalue weighted by Gasteiger charge is 2.24. The zero-order chi connectivity index (χ0) is 13.6. The van der Waals surface area contributed by atoms with Crippen LogP contribution in [0.5, 0.6) is 5.88 Å². The SMILES string of the molecule is CCC(CC)(CNc1nc(C)cc(OC)n1)SC. The zero-order valence-electron chi connectivity index (χ0n) is 11.9. The van der Waals surface area contributed by atoms with E-state index in [1.54, 1.807) is 7.11 Å². The van der Waals surface area contributed by atoms with Crippen LogP contribution in [0.4, 0.5) is 5.95 Å². The van der Waals surface area contributed by atoms with Gasteiger partial charge in [0, 0.05) is 23.1 Å². The molecule has 0 radical (unpaired) electrons. The maximum atomic E-state index is 5.15. The van der Waals surface area contributed by atoms with E-state index in [9.17, 15) is 0 Å². The van der Waals surface area contributed by atoms with Gasteiger partial charge in [0.1, 0.15) is 0 Å². The van der Waals surface area contributed by atoms with E-state index in [2.05, 4.69) is 35.4 Å². The summed E-state index contributed by atoms with van der Waals surface area (Å²) in [4.78, 5) is 8.68. The van der Waals surface area contributed by atoms with Crippen LogP contribution in [0.1, 0.15) is 32.4 Å². The predicted octanol–water partition coefficient (Wildman–Crippen LogP) is 3.13. The van der Waals surface area contributed by atoms with Crippen molar-refractivity contribution in [1.82, 2.24) is 9.97 Å². The maximum absolute atomic E-state index is 5.15. The number of ether oxygens (including phenoxy) is 1. The van der Waals surface area contributed by atoms with E-state index in [1.165, 1.54) is 0 Å². The summed E-state index contributed by atoms with van der Waals surface area (Å²) >= 11 is 1.90. The molecule has 0 aliphatic heterocycles. The van der Waals surface area contributed by atoms with Crippen molar-refractivity contribution in [2.45, 2.75) is 38.4 Å². The minimum absolute atomic E-state index is 0.250. The molecule has 0 atom stereocenters. The van der Waals surface area contributed by atoms with Crippen molar-refractivity contribution in [1.29, 1.82) is 0 Å². The third kappa shape index (κ3) is 3.77. The van der Waals surface area contributed by atoms with Gasteiger partial charge in [-0.3, -0.25) is 0 Å². The van der Waals surface area contributed by atoms with Crippen LogP contribution in [0.25, 0.3) is 0 Å². The van der Waals surface area contributed by atoms with E-state index >= 15 is 0 Å². The fourth-order valence-electron chi connectivity index (χ4n) is 1.82. The lowest BCUT2D eigenvalue weighted by molar-refractivity contribution is 0.397. The Labute approximate surface area is 114 Å². The Morgan fingerprint density at radius 2 is 2.00 bits per heavy atom. The molecule has 1 N–H and O–H groups in total. The number of thioether (sulfide) groups is 1. The summed E-state index contributed by atoms with van der Waals surface area (Å²) in [5.41, 5.74) is 0.909. The van der Waals surface area contributed by atoms with E-state index < -0.39 is 0 Å². The zero-order valence-corrected chi connectivity index (χ0v) is 12.7. The molecule has 0 aliphatic rings. The van der Waals surface area contributed by atoms with Gasteiger partial charge in [-0.05, 0) is 26.0 Å². The lowest BCUT2D eigenvalue weighted by Gasteiger charge is -2.29. The largest absolute Gasteiger partial charge is 0.481 e. The molecule has 0 saturated carbocycles. The van der Waals surface area contributed by atoms with Gasteiger partial charge >= 0.3 is 0 Å². The number of aromatic nitrogens is 2. The molecule has 1 aromatic rings. The van der Waals surface area contributed by atoms with Gasteiger partial charge in [-0.1, -0.05) is 13.8 Å². The van der Waals surface area contributed by atoms with Crippen LogP contribution < -0.4 is 10.1 Å². The van der Waals surface area contributed by atoms with Crippen molar-refractivity contribution in [3.8, 4) is 5.88 Å². The predicted molar refractivity (Wildman–Crippen MR) is 78.6 cm³/mol. The maximum Gasteiger partial charge on any atom is 0.226 e. The summed E-state index contributed by atoms with van der Waals surface area (Å²) < 4.78 is 5.40. The number of nitrogens with zero attached hydrogens (tertiary/aromatic N) is 2. The minimum atomic E-state index is 0.250. The van der Waals surface area contributed by atoms with E-state index in [0.717, 1.165) is 25.1 Å². The van der Waals surface area contributed by atoms with Gasteiger partial charge in [0.15, 0.2) is 0 Å². The third-order valence-electron chi connectivity index (χ3n) is 3.33. The average Bonchev–Trinajstić information content (AvgIpc) is 2.40. The Morgan fingerprint density at radius 3 is 2.50 bits per heavy atom. The van der Waals surface area contributed by atoms with Crippen LogP contribution >= 0.6 is 11.8 Å². The highest BCUT2D eigenvalue weighted by molar-refractivity contribution is 8.00. The van der Waals surface area contributed by atoms with Crippen LogP contribution in [0.2, 0.25) is 0 Å². The molecule has 4 nitrogen and oxygen atoms in total. The van der Waals surface area contributed by atoms with Crippen LogP contribution in [-0.2, 0) is 0 Å². The standard InChI is InChI=1S/C13H23N3OS/c1-6-13(7-2,18-5)9-14-12-15-10(3)8-11(16-12)17-4/h8H,6-7,9H2,1-5H3,(H,14,15,16). The molecule has 1 rings (SSSR count). The minimum Gasteiger partial charge on any atom is -0.481 e. The molecule has 0 aromatic carbocycles. The second-order valence-electron chi connectivity index (χ2n) is 4.32. The fraction of sp³-hybridized carbons (Fsp3) is 0.692. The first kappa shape index (κ1) is 15.1. The van der Waals surface area contributed by atoms with Crippen molar-refractivity contribution in [2.75, 3.05) is 25.2 Å². The normalized spacial score (nSPS) is 11.4. The molecule has 18 heavy (non-hydrogen) atoms. The lowest BCUT2D eigenvalue weighted by Crippen LogP contribution is -2.32. The molecule has 0 bridgehead atoms. The van der Waals surface area contributed by atoms with E-state index in [4.69, 9.17) is 4.74 Å². The first-order valence-electron chi connectivity index (χ1n) is 6.27. The van der Waals surface area contributed by atoms with E-state index in [-0.39, 0.29) is 4.75 Å². The lowest BCUT2D eigenvalue weighted by atomic mass is 10.0. The third-order valence-corrected chi connectivity index (χ3v) is 4.92. The summed E-state index contributed by atoms with van der Waals surface area (Å²) in [6.45, 7) is 7.25. The Hall–Kier alpha value is -0.970. The Bertz CT molecular complexity index is 372. The topological polar surface area (TPSA) is 47.0 Å². The molecular weight excluding hydrogens is 246 g/mol. The van der Waals surface area contributed by atoms with Crippen LogP contribution in [-0.4, -0.2) is 34.6 Å². The van der Waals surface area contributed by atoms with E-state index in [0.29, 0.717) is 11.8 Å². The summed E-state index contributed by atoms with van der Waals surface area (Å²) in [6, 6.07) is 1.83. The second-order valence-corrected chi connectivity index (χ2v) is 5.60. The molecule has 0 unspecified atom stereocenters. The van der Waals surface area contributed by atoms with Gasteiger partial charge in [0.05, 0.1) is 7.11 Å². The number of rotatable bonds is 7. The highest BCUT2D eigenvalue weighted by Crippen LogP contribution is 2.30. The first-order chi connectivity index (χ1) is 8.59. The molecule has 0 spiro atoms. The summed E-state index contributed by atoms with van der Waals surface area (Å²) in [6.07, 6.45) is 4.41. The van der Waals surface area contributed by atoms with Gasteiger partial charge in [-0.25, -0.2) is 4.98 Å². The summed E-state index contributed by atoms with van der Waals surface area (Å²) in [5.74, 6) is 1.25. The number of methoxy groups -OCH3 is 1. The molecule has 0 saturated heterocycles. The Balaban J connectivity index is 2.76. The van der Waals surface area contributed by atoms with Gasteiger partial charge in [-0.2, -0.15) is 16.7 Å². The highest BCUT2D eigenvalue weighted by atomic mass is 32.2. The number of nitrogens with one attached hydrogen (secondary N) is 1. The van der Waals surface area contributed by atoms with Gasteiger partial charge in [0.2, 0.25) is 11.8 Å². The first-order valence-corrected chi connectivity index (χ1v) is 7.50. The molecule has 0 aliphatic carbocycles. The van der Waals surface area contributed by atoms with Gasteiger partial charge in [-0.15, -0.1) is 0 Å². The molecule has 102 valence electrons. The quantitative estimate of drug-likeness (QED) is 0.824. The van der Waals surface area contributed by atoms with E-state index in [1.807, 2.05) is 24.8 Å².